The average molecular weight is 572 g/mol. The topological polar surface area (TPSA) is 64.4 Å². The second-order valence-electron chi connectivity index (χ2n) is 6.43. The zero-order chi connectivity index (χ0) is 18.7. The van der Waals surface area contributed by atoms with Crippen molar-refractivity contribution in [1.82, 2.24) is 9.62 Å². The Kier molecular flexibility index (Phi) is 11.1. The molecule has 1 unspecified atom stereocenters. The van der Waals surface area contributed by atoms with Gasteiger partial charge in [0.05, 0.1) is 13.2 Å². The predicted octanol–water partition coefficient (Wildman–Crippen LogP) is 2.17. The molecule has 2 aromatic rings. The van der Waals surface area contributed by atoms with Gasteiger partial charge >= 0.3 is 0 Å². The van der Waals surface area contributed by atoms with E-state index in [9.17, 15) is 0 Å². The Morgan fingerprint density at radius 2 is 1.82 bits per heavy atom. The number of nitrogens with one attached hydrogen (secondary N) is 1. The van der Waals surface area contributed by atoms with Gasteiger partial charge < -0.3 is 15.0 Å². The number of benzene rings is 2. The molecule has 0 bridgehead atoms. The van der Waals surface area contributed by atoms with Crippen LogP contribution in [0.3, 0.4) is 0 Å². The van der Waals surface area contributed by atoms with Gasteiger partial charge in [0.2, 0.25) is 0 Å². The smallest absolute Gasteiger partial charge is 0.161 e. The van der Waals surface area contributed by atoms with Crippen molar-refractivity contribution in [3.63, 3.8) is 0 Å². The van der Waals surface area contributed by atoms with E-state index in [0.29, 0.717) is 6.61 Å². The second kappa shape index (κ2) is 13.3. The van der Waals surface area contributed by atoms with Gasteiger partial charge in [-0.3, -0.25) is 4.72 Å². The van der Waals surface area contributed by atoms with Crippen LogP contribution in [0, 0.1) is 0 Å². The molecule has 1 heterocycles. The molecule has 152 valence electrons. The number of hydrogen-bond acceptors (Lipinski definition) is 5. The standard InChI is InChI=1S/C20H27N4O2S.W/c1-25-22-17-7-9-20(10-8-17)27-23-18(15-24-13-11-21-12-14-24)16-26-19-5-3-2-4-6-19;/h2-10,18,22-23H,11-16H2,1H3;/q-1;/p+1. The third kappa shape index (κ3) is 8.21. The molecule has 3 N–H and O–H groups in total. The molecule has 8 heteroatoms. The van der Waals surface area contributed by atoms with E-state index in [2.05, 4.69) is 39.2 Å². The van der Waals surface area contributed by atoms with Gasteiger partial charge in [0.1, 0.15) is 12.4 Å². The summed E-state index contributed by atoms with van der Waals surface area (Å²) in [6, 6.07) is 18.5. The Morgan fingerprint density at radius 1 is 1.11 bits per heavy atom. The first-order valence-corrected chi connectivity index (χ1v) is 10.1. The van der Waals surface area contributed by atoms with E-state index in [1.807, 2.05) is 30.3 Å². The Labute approximate surface area is 186 Å². The van der Waals surface area contributed by atoms with Crippen LogP contribution in [-0.2, 0) is 25.9 Å². The van der Waals surface area contributed by atoms with Crippen LogP contribution in [-0.4, -0.2) is 57.4 Å². The van der Waals surface area contributed by atoms with Gasteiger partial charge in [0.15, 0.2) is 5.69 Å². The number of nitrogens with two attached hydrogens (primary N) is 1. The minimum atomic E-state index is 0. The summed E-state index contributed by atoms with van der Waals surface area (Å²) in [6.45, 7) is 5.48. The zero-order valence-electron chi connectivity index (χ0n) is 16.1. The van der Waals surface area contributed by atoms with Crippen molar-refractivity contribution in [3.05, 3.63) is 59.9 Å². The zero-order valence-corrected chi connectivity index (χ0v) is 19.9. The maximum atomic E-state index is 6.00. The van der Waals surface area contributed by atoms with E-state index >= 15 is 0 Å². The summed E-state index contributed by atoms with van der Waals surface area (Å²) >= 11 is 1.64. The average Bonchev–Trinajstić information content (AvgIpc) is 2.73. The van der Waals surface area contributed by atoms with Crippen molar-refractivity contribution >= 4 is 17.6 Å². The van der Waals surface area contributed by atoms with Gasteiger partial charge in [-0.25, -0.2) is 4.84 Å². The van der Waals surface area contributed by atoms with E-state index in [0.717, 1.165) is 44.2 Å². The van der Waals surface area contributed by atoms with Crippen LogP contribution in [0.2, 0.25) is 0 Å². The van der Waals surface area contributed by atoms with Gasteiger partial charge in [-0.1, -0.05) is 18.2 Å². The van der Waals surface area contributed by atoms with Crippen LogP contribution in [0.4, 0.5) is 5.69 Å². The number of nitrogens with zero attached hydrogens (tertiary/aromatic N) is 2. The van der Waals surface area contributed by atoms with Gasteiger partial charge in [0.25, 0.3) is 0 Å². The van der Waals surface area contributed by atoms with Crippen molar-refractivity contribution < 1.29 is 36.1 Å². The van der Waals surface area contributed by atoms with E-state index < -0.39 is 0 Å². The van der Waals surface area contributed by atoms with Crippen molar-refractivity contribution in [2.45, 2.75) is 10.9 Å². The van der Waals surface area contributed by atoms with Gasteiger partial charge in [-0.15, -0.1) is 13.1 Å². The van der Waals surface area contributed by atoms with Gasteiger partial charge in [-0.2, -0.15) is 5.48 Å². The molecule has 1 fully saturated rings. The molecule has 3 rings (SSSR count). The second-order valence-corrected chi connectivity index (χ2v) is 7.35. The van der Waals surface area contributed by atoms with Crippen molar-refractivity contribution in [2.75, 3.05) is 46.4 Å². The predicted molar refractivity (Wildman–Crippen MR) is 109 cm³/mol. The fraction of sp³-hybridized carbons (Fsp3) is 0.400. The molecule has 0 amide bonds. The van der Waals surface area contributed by atoms with Crippen LogP contribution in [0.15, 0.2) is 59.5 Å². The molecule has 0 radical (unpaired) electrons. The van der Waals surface area contributed by atoms with Crippen molar-refractivity contribution in [3.8, 4) is 5.75 Å². The first-order chi connectivity index (χ1) is 13.3. The minimum Gasteiger partial charge on any atom is -0.660 e. The number of rotatable bonds is 10. The molecular formula is C20H28N4O2SW. The summed E-state index contributed by atoms with van der Waals surface area (Å²) in [5.41, 5.74) is 2.79. The molecule has 1 aliphatic heterocycles. The molecule has 0 saturated carbocycles. The number of para-hydroxylation sites is 1. The molecular weight excluding hydrogens is 544 g/mol. The summed E-state index contributed by atoms with van der Waals surface area (Å²) in [4.78, 5) is 8.67. The van der Waals surface area contributed by atoms with E-state index in [1.54, 1.807) is 24.5 Å². The molecule has 2 aromatic carbocycles. The number of ether oxygens (including phenoxy) is 1. The van der Waals surface area contributed by atoms with Gasteiger partial charge in [0, 0.05) is 44.6 Å². The third-order valence-corrected chi connectivity index (χ3v) is 5.26. The van der Waals surface area contributed by atoms with E-state index in [1.165, 1.54) is 4.90 Å². The normalized spacial score (nSPS) is 15.6. The van der Waals surface area contributed by atoms with Crippen LogP contribution in [0.25, 0.3) is 5.32 Å². The molecule has 28 heavy (non-hydrogen) atoms. The van der Waals surface area contributed by atoms with Crippen LogP contribution >= 0.6 is 11.9 Å². The van der Waals surface area contributed by atoms with Crippen LogP contribution in [0.1, 0.15) is 0 Å². The summed E-state index contributed by atoms with van der Waals surface area (Å²) in [5, 5.41) is 4.43. The van der Waals surface area contributed by atoms with Crippen LogP contribution in [0.5, 0.6) is 5.75 Å². The van der Waals surface area contributed by atoms with E-state index in [4.69, 9.17) is 9.57 Å². The first kappa shape index (κ1) is 23.4. The molecule has 0 aliphatic carbocycles. The SMILES string of the molecule is CO[NH2+]c1ccc(SNC(COc2ccccc2)CN2CC[N-]CC2)cc1.[W]. The van der Waals surface area contributed by atoms with Crippen molar-refractivity contribution in [2.24, 2.45) is 0 Å². The quantitative estimate of drug-likeness (QED) is 0.260. The molecule has 1 saturated heterocycles. The number of hydrogen-bond donors (Lipinski definition) is 2. The number of piperazine rings is 1. The fourth-order valence-electron chi connectivity index (χ4n) is 2.88. The van der Waals surface area contributed by atoms with E-state index in [-0.39, 0.29) is 27.1 Å². The fourth-order valence-corrected chi connectivity index (χ4v) is 3.60. The molecule has 6 nitrogen and oxygen atoms in total. The monoisotopic (exact) mass is 572 g/mol. The van der Waals surface area contributed by atoms with Crippen LogP contribution < -0.4 is 14.9 Å². The maximum Gasteiger partial charge on any atom is 0.161 e. The summed E-state index contributed by atoms with van der Waals surface area (Å²) in [5.74, 6) is 0.905. The molecule has 1 atom stereocenters. The first-order valence-electron chi connectivity index (χ1n) is 9.25. The third-order valence-electron chi connectivity index (χ3n) is 4.30. The maximum absolute atomic E-state index is 6.00. The van der Waals surface area contributed by atoms with Gasteiger partial charge in [-0.05, 0) is 49.3 Å². The minimum absolute atomic E-state index is 0. The summed E-state index contributed by atoms with van der Waals surface area (Å²) in [7, 11) is 1.66. The number of quaternary nitrogens is 1. The molecule has 1 aliphatic rings. The largest absolute Gasteiger partial charge is 0.660 e. The molecule has 0 spiro atoms. The Hall–Kier alpha value is -0.922. The summed E-state index contributed by atoms with van der Waals surface area (Å²) < 4.78 is 9.58. The Balaban J connectivity index is 0.00000280. The Morgan fingerprint density at radius 3 is 2.50 bits per heavy atom. The Bertz CT molecular complexity index is 657. The van der Waals surface area contributed by atoms with Crippen molar-refractivity contribution in [1.29, 1.82) is 0 Å². The summed E-state index contributed by atoms with van der Waals surface area (Å²) in [6.07, 6.45) is 0. The molecule has 0 aromatic heterocycles.